The van der Waals surface area contributed by atoms with E-state index in [1.54, 1.807) is 19.5 Å². The van der Waals surface area contributed by atoms with Gasteiger partial charge in [0.2, 0.25) is 5.95 Å². The molecule has 0 aliphatic carbocycles. The van der Waals surface area contributed by atoms with Crippen molar-refractivity contribution in [1.82, 2.24) is 19.7 Å². The molecule has 2 heterocycles. The van der Waals surface area contributed by atoms with Crippen LogP contribution in [0, 0.1) is 6.92 Å². The number of halogens is 1. The largest absolute Gasteiger partial charge is 0.339 e. The third kappa shape index (κ3) is 4.11. The molecule has 0 bridgehead atoms. The molecule has 4 rings (SSSR count). The third-order valence-corrected chi connectivity index (χ3v) is 6.90. The summed E-state index contributed by atoms with van der Waals surface area (Å²) < 4.78 is 15.2. The van der Waals surface area contributed by atoms with E-state index in [4.69, 9.17) is 0 Å². The molecule has 0 saturated carbocycles. The molecular formula is C21H22BrN6OP. The summed E-state index contributed by atoms with van der Waals surface area (Å²) in [6.07, 6.45) is 1.69. The number of nitrogens with zero attached hydrogens (tertiary/aromatic N) is 4. The van der Waals surface area contributed by atoms with Crippen LogP contribution in [0.15, 0.2) is 53.1 Å². The summed E-state index contributed by atoms with van der Waals surface area (Å²) >= 11 is 3.50. The van der Waals surface area contributed by atoms with Gasteiger partial charge < -0.3 is 15.2 Å². The zero-order valence-electron chi connectivity index (χ0n) is 17.1. The van der Waals surface area contributed by atoms with Crippen LogP contribution in [0.1, 0.15) is 5.69 Å². The maximum absolute atomic E-state index is 12.7. The lowest BCUT2D eigenvalue weighted by Crippen LogP contribution is -2.11. The number of anilines is 4. The van der Waals surface area contributed by atoms with E-state index in [0.717, 1.165) is 33.3 Å². The fraction of sp³-hybridized carbons (Fsp3) is 0.190. The van der Waals surface area contributed by atoms with Gasteiger partial charge >= 0.3 is 0 Å². The van der Waals surface area contributed by atoms with Crippen LogP contribution >= 0.6 is 23.1 Å². The van der Waals surface area contributed by atoms with Crippen LogP contribution in [-0.2, 0) is 11.6 Å². The number of rotatable bonds is 5. The number of fused-ring (bicyclic) bond motifs is 1. The van der Waals surface area contributed by atoms with E-state index < -0.39 is 7.14 Å². The number of nitrogens with one attached hydrogen (secondary N) is 2. The van der Waals surface area contributed by atoms with Crippen molar-refractivity contribution in [2.75, 3.05) is 24.0 Å². The molecule has 0 amide bonds. The molecule has 0 fully saturated rings. The number of hydrogen-bond acceptors (Lipinski definition) is 6. The van der Waals surface area contributed by atoms with Gasteiger partial charge in [0, 0.05) is 29.6 Å². The first kappa shape index (κ1) is 20.6. The van der Waals surface area contributed by atoms with Gasteiger partial charge in [-0.05, 0) is 66.5 Å². The minimum absolute atomic E-state index is 0.454. The van der Waals surface area contributed by atoms with Crippen LogP contribution in [0.2, 0.25) is 0 Å². The number of para-hydroxylation sites is 1. The topological polar surface area (TPSA) is 84.7 Å². The lowest BCUT2D eigenvalue weighted by molar-refractivity contribution is 0.588. The summed E-state index contributed by atoms with van der Waals surface area (Å²) in [4.78, 5) is 8.97. The maximum atomic E-state index is 12.7. The average Bonchev–Trinajstić information content (AvgIpc) is 2.97. The fourth-order valence-corrected chi connectivity index (χ4v) is 4.78. The van der Waals surface area contributed by atoms with Gasteiger partial charge in [-0.2, -0.15) is 10.1 Å². The summed E-state index contributed by atoms with van der Waals surface area (Å²) in [5.41, 5.74) is 3.68. The molecule has 0 aliphatic rings. The van der Waals surface area contributed by atoms with E-state index in [9.17, 15) is 4.57 Å². The normalized spacial score (nSPS) is 11.6. The van der Waals surface area contributed by atoms with Gasteiger partial charge in [0.05, 0.1) is 21.4 Å². The summed E-state index contributed by atoms with van der Waals surface area (Å²) in [5, 5.41) is 12.9. The molecule has 30 heavy (non-hydrogen) atoms. The van der Waals surface area contributed by atoms with Crippen LogP contribution in [0.5, 0.6) is 0 Å². The summed E-state index contributed by atoms with van der Waals surface area (Å²) in [5.74, 6) is 1.04. The van der Waals surface area contributed by atoms with Crippen LogP contribution in [-0.4, -0.2) is 33.1 Å². The van der Waals surface area contributed by atoms with E-state index in [-0.39, 0.29) is 0 Å². The lowest BCUT2D eigenvalue weighted by Gasteiger charge is -2.16. The van der Waals surface area contributed by atoms with Crippen molar-refractivity contribution in [3.8, 4) is 0 Å². The molecule has 2 aromatic heterocycles. The molecule has 7 nitrogen and oxygen atoms in total. The summed E-state index contributed by atoms with van der Waals surface area (Å²) in [6, 6.07) is 13.6. The highest BCUT2D eigenvalue weighted by molar-refractivity contribution is 9.10. The van der Waals surface area contributed by atoms with Crippen molar-refractivity contribution < 1.29 is 4.57 Å². The van der Waals surface area contributed by atoms with Crippen molar-refractivity contribution in [3.63, 3.8) is 0 Å². The van der Waals surface area contributed by atoms with Gasteiger partial charge in [-0.3, -0.25) is 4.68 Å². The highest BCUT2D eigenvalue weighted by Crippen LogP contribution is 2.38. The minimum atomic E-state index is -2.45. The van der Waals surface area contributed by atoms with Crippen molar-refractivity contribution in [1.29, 1.82) is 0 Å². The van der Waals surface area contributed by atoms with Crippen LogP contribution in [0.3, 0.4) is 0 Å². The van der Waals surface area contributed by atoms with Crippen LogP contribution < -0.4 is 15.9 Å². The Balaban J connectivity index is 1.65. The van der Waals surface area contributed by atoms with Gasteiger partial charge in [0.1, 0.15) is 13.0 Å². The highest BCUT2D eigenvalue weighted by Gasteiger charge is 2.17. The first-order valence-corrected chi connectivity index (χ1v) is 12.8. The van der Waals surface area contributed by atoms with Gasteiger partial charge in [0.15, 0.2) is 0 Å². The van der Waals surface area contributed by atoms with Gasteiger partial charge in [-0.25, -0.2) is 4.98 Å². The fourth-order valence-electron chi connectivity index (χ4n) is 3.34. The average molecular weight is 485 g/mol. The summed E-state index contributed by atoms with van der Waals surface area (Å²) in [7, 11) is -0.513. The predicted octanol–water partition coefficient (Wildman–Crippen LogP) is 5.17. The first-order chi connectivity index (χ1) is 14.2. The second-order valence-corrected chi connectivity index (χ2v) is 11.5. The molecular weight excluding hydrogens is 463 g/mol. The number of aromatic nitrogens is 4. The molecule has 0 unspecified atom stereocenters. The number of hydrogen-bond donors (Lipinski definition) is 2. The lowest BCUT2D eigenvalue weighted by atomic mass is 10.2. The predicted molar refractivity (Wildman–Crippen MR) is 127 cm³/mol. The number of aryl methyl sites for hydroxylation is 2. The number of benzene rings is 2. The van der Waals surface area contributed by atoms with Gasteiger partial charge in [-0.1, -0.05) is 12.1 Å². The molecule has 2 aromatic carbocycles. The van der Waals surface area contributed by atoms with Gasteiger partial charge in [-0.15, -0.1) is 0 Å². The van der Waals surface area contributed by atoms with E-state index >= 15 is 0 Å². The van der Waals surface area contributed by atoms with Crippen molar-refractivity contribution in [3.05, 3.63) is 58.8 Å². The molecule has 0 radical (unpaired) electrons. The Morgan fingerprint density at radius 1 is 1.10 bits per heavy atom. The molecule has 154 valence electrons. The van der Waals surface area contributed by atoms with E-state index in [2.05, 4.69) is 41.6 Å². The molecule has 9 heteroatoms. The Morgan fingerprint density at radius 2 is 1.87 bits per heavy atom. The van der Waals surface area contributed by atoms with E-state index in [1.807, 2.05) is 61.1 Å². The molecule has 0 spiro atoms. The van der Waals surface area contributed by atoms with Crippen LogP contribution in [0.25, 0.3) is 10.9 Å². The standard InChI is InChI=1S/C21H22BrN6OP/c1-13-15-11-14(9-10-18(15)28(2)27-13)24-21-23-12-16(22)20(26-21)25-17-7-5-6-8-19(17)30(3,4)29/h5-12H,1-4H3,(H2,23,24,25,26). The Bertz CT molecular complexity index is 1300. The third-order valence-electron chi connectivity index (χ3n) is 4.77. The Hall–Kier alpha value is -2.70. The smallest absolute Gasteiger partial charge is 0.229 e. The van der Waals surface area contributed by atoms with E-state index in [0.29, 0.717) is 16.2 Å². The Kier molecular flexibility index (Phi) is 5.38. The van der Waals surface area contributed by atoms with Crippen LogP contribution in [0.4, 0.5) is 23.1 Å². The molecule has 4 aromatic rings. The van der Waals surface area contributed by atoms with Crippen molar-refractivity contribution in [2.24, 2.45) is 7.05 Å². The zero-order chi connectivity index (χ0) is 21.5. The molecule has 2 N–H and O–H groups in total. The quantitative estimate of drug-likeness (QED) is 0.380. The Labute approximate surface area is 183 Å². The van der Waals surface area contributed by atoms with Crippen molar-refractivity contribution >= 4 is 62.4 Å². The second kappa shape index (κ2) is 7.85. The first-order valence-electron chi connectivity index (χ1n) is 9.37. The molecule has 0 saturated heterocycles. The zero-order valence-corrected chi connectivity index (χ0v) is 19.6. The van der Waals surface area contributed by atoms with E-state index in [1.165, 1.54) is 0 Å². The SMILES string of the molecule is Cc1nn(C)c2ccc(Nc3ncc(Br)c(Nc4ccccc4P(C)(C)=O)n3)cc12. The van der Waals surface area contributed by atoms with Gasteiger partial charge in [0.25, 0.3) is 0 Å². The van der Waals surface area contributed by atoms with Crippen molar-refractivity contribution in [2.45, 2.75) is 6.92 Å². The minimum Gasteiger partial charge on any atom is -0.339 e. The molecule has 0 atom stereocenters. The monoisotopic (exact) mass is 484 g/mol. The second-order valence-electron chi connectivity index (χ2n) is 7.45. The maximum Gasteiger partial charge on any atom is 0.229 e. The molecule has 0 aliphatic heterocycles. The summed E-state index contributed by atoms with van der Waals surface area (Å²) in [6.45, 7) is 5.50. The Morgan fingerprint density at radius 3 is 2.63 bits per heavy atom. The highest BCUT2D eigenvalue weighted by atomic mass is 79.9.